The van der Waals surface area contributed by atoms with E-state index in [0.29, 0.717) is 16.7 Å². The van der Waals surface area contributed by atoms with Crippen LogP contribution in [0.2, 0.25) is 0 Å². The third-order valence-electron chi connectivity index (χ3n) is 6.24. The first-order valence-electron chi connectivity index (χ1n) is 10.9. The van der Waals surface area contributed by atoms with Crippen LogP contribution in [-0.4, -0.2) is 21.2 Å². The molecule has 0 radical (unpaired) electrons. The van der Waals surface area contributed by atoms with Gasteiger partial charge in [0.1, 0.15) is 11.6 Å². The number of aryl methyl sites for hydroxylation is 2. The molecule has 0 N–H and O–H groups in total. The Morgan fingerprint density at radius 2 is 1.67 bits per heavy atom. The molecule has 0 bridgehead atoms. The van der Waals surface area contributed by atoms with Crippen LogP contribution in [-0.2, 0) is 7.05 Å². The highest BCUT2D eigenvalue weighted by Crippen LogP contribution is 2.30. The molecule has 5 rings (SSSR count). The van der Waals surface area contributed by atoms with Crippen molar-refractivity contribution in [1.82, 2.24) is 14.1 Å². The molecule has 5 nitrogen and oxygen atoms in total. The Bertz CT molecular complexity index is 1590. The van der Waals surface area contributed by atoms with Crippen molar-refractivity contribution in [2.45, 2.75) is 13.8 Å². The molecule has 0 saturated heterocycles. The number of aromatic nitrogens is 3. The lowest BCUT2D eigenvalue weighted by molar-refractivity contribution is 0.415. The van der Waals surface area contributed by atoms with Gasteiger partial charge in [0.05, 0.1) is 23.7 Å². The molecule has 0 spiro atoms. The molecule has 0 unspecified atom stereocenters. The van der Waals surface area contributed by atoms with Gasteiger partial charge in [-0.15, -0.1) is 0 Å². The van der Waals surface area contributed by atoms with Crippen LogP contribution in [0.15, 0.2) is 71.5 Å². The molecule has 3 aromatic carbocycles. The normalized spacial score (nSPS) is 11.6. The van der Waals surface area contributed by atoms with Crippen LogP contribution < -0.4 is 10.3 Å². The van der Waals surface area contributed by atoms with Gasteiger partial charge in [-0.05, 0) is 68.5 Å². The van der Waals surface area contributed by atoms with E-state index in [0.717, 1.165) is 39.2 Å². The van der Waals surface area contributed by atoms with E-state index in [4.69, 9.17) is 9.72 Å². The lowest BCUT2D eigenvalue weighted by atomic mass is 10.1. The molecule has 5 aromatic rings. The molecule has 2 heterocycles. The standard InChI is InChI=1S/C28H25N3O2/c1-18-9-11-20(12-10-18)31-27(29-25-8-6-5-7-23(25)28(31)32)16-14-22-19(2)30(3)26-15-13-21(33-4)17-24(22)26/h5-17H,1-4H3/b16-14+. The summed E-state index contributed by atoms with van der Waals surface area (Å²) in [5, 5.41) is 1.69. The Kier molecular flexibility index (Phi) is 5.09. The van der Waals surface area contributed by atoms with Gasteiger partial charge in [-0.1, -0.05) is 29.8 Å². The van der Waals surface area contributed by atoms with Crippen LogP contribution in [0.25, 0.3) is 39.6 Å². The molecule has 0 aliphatic carbocycles. The predicted octanol–water partition coefficient (Wildman–Crippen LogP) is 5.67. The van der Waals surface area contributed by atoms with Crippen molar-refractivity contribution < 1.29 is 4.74 Å². The molecule has 0 saturated carbocycles. The first kappa shape index (κ1) is 20.8. The largest absolute Gasteiger partial charge is 0.497 e. The minimum absolute atomic E-state index is 0.0830. The lowest BCUT2D eigenvalue weighted by Gasteiger charge is -2.12. The summed E-state index contributed by atoms with van der Waals surface area (Å²) in [4.78, 5) is 18.3. The third kappa shape index (κ3) is 3.52. The van der Waals surface area contributed by atoms with Crippen LogP contribution in [0.3, 0.4) is 0 Å². The van der Waals surface area contributed by atoms with Gasteiger partial charge in [0.15, 0.2) is 0 Å². The number of rotatable bonds is 4. The second-order valence-electron chi connectivity index (χ2n) is 8.24. The van der Waals surface area contributed by atoms with Crippen LogP contribution in [0, 0.1) is 13.8 Å². The fraction of sp³-hybridized carbons (Fsp3) is 0.143. The fourth-order valence-corrected chi connectivity index (χ4v) is 4.28. The first-order chi connectivity index (χ1) is 16.0. The molecule has 0 atom stereocenters. The molecule has 164 valence electrons. The zero-order chi connectivity index (χ0) is 23.1. The predicted molar refractivity (Wildman–Crippen MR) is 135 cm³/mol. The molecule has 5 heteroatoms. The van der Waals surface area contributed by atoms with E-state index in [1.54, 1.807) is 11.7 Å². The minimum atomic E-state index is -0.0830. The van der Waals surface area contributed by atoms with Gasteiger partial charge >= 0.3 is 0 Å². The second-order valence-corrected chi connectivity index (χ2v) is 8.24. The molecule has 0 amide bonds. The summed E-state index contributed by atoms with van der Waals surface area (Å²) >= 11 is 0. The van der Waals surface area contributed by atoms with Gasteiger partial charge in [0.25, 0.3) is 5.56 Å². The van der Waals surface area contributed by atoms with E-state index in [1.165, 1.54) is 0 Å². The average Bonchev–Trinajstić information content (AvgIpc) is 3.07. The van der Waals surface area contributed by atoms with Gasteiger partial charge in [-0.25, -0.2) is 4.98 Å². The number of hydrogen-bond donors (Lipinski definition) is 0. The van der Waals surface area contributed by atoms with Gasteiger partial charge in [-0.2, -0.15) is 0 Å². The number of fused-ring (bicyclic) bond motifs is 2. The van der Waals surface area contributed by atoms with E-state index >= 15 is 0 Å². The third-order valence-corrected chi connectivity index (χ3v) is 6.24. The number of nitrogens with zero attached hydrogens (tertiary/aromatic N) is 3. The van der Waals surface area contributed by atoms with Gasteiger partial charge in [0.2, 0.25) is 0 Å². The molecule has 0 aliphatic rings. The summed E-state index contributed by atoms with van der Waals surface area (Å²) in [6.07, 6.45) is 3.97. The van der Waals surface area contributed by atoms with Crippen molar-refractivity contribution in [3.05, 3.63) is 99.7 Å². The van der Waals surface area contributed by atoms with Crippen molar-refractivity contribution in [3.63, 3.8) is 0 Å². The number of methoxy groups -OCH3 is 1. The van der Waals surface area contributed by atoms with E-state index < -0.39 is 0 Å². The molecule has 33 heavy (non-hydrogen) atoms. The fourth-order valence-electron chi connectivity index (χ4n) is 4.28. The highest BCUT2D eigenvalue weighted by molar-refractivity contribution is 5.94. The molecular weight excluding hydrogens is 410 g/mol. The average molecular weight is 436 g/mol. The SMILES string of the molecule is COc1ccc2c(c1)c(/C=C/c1nc3ccccc3c(=O)n1-c1ccc(C)cc1)c(C)n2C. The van der Waals surface area contributed by atoms with Crippen LogP contribution in [0.5, 0.6) is 5.75 Å². The van der Waals surface area contributed by atoms with Crippen molar-refractivity contribution in [2.75, 3.05) is 7.11 Å². The highest BCUT2D eigenvalue weighted by atomic mass is 16.5. The maximum atomic E-state index is 13.5. The summed E-state index contributed by atoms with van der Waals surface area (Å²) in [5.41, 5.74) is 5.85. The summed E-state index contributed by atoms with van der Waals surface area (Å²) in [6, 6.07) is 21.5. The van der Waals surface area contributed by atoms with E-state index in [1.807, 2.05) is 79.7 Å². The Balaban J connectivity index is 1.74. The maximum absolute atomic E-state index is 13.5. The summed E-state index contributed by atoms with van der Waals surface area (Å²) in [7, 11) is 3.73. The van der Waals surface area contributed by atoms with Crippen molar-refractivity contribution in [1.29, 1.82) is 0 Å². The molecule has 0 aliphatic heterocycles. The van der Waals surface area contributed by atoms with Crippen molar-refractivity contribution in [3.8, 4) is 11.4 Å². The molecular formula is C28H25N3O2. The zero-order valence-corrected chi connectivity index (χ0v) is 19.2. The van der Waals surface area contributed by atoms with Gasteiger partial charge in [-0.3, -0.25) is 9.36 Å². The van der Waals surface area contributed by atoms with E-state index in [-0.39, 0.29) is 5.56 Å². The van der Waals surface area contributed by atoms with Crippen LogP contribution >= 0.6 is 0 Å². The summed E-state index contributed by atoms with van der Waals surface area (Å²) < 4.78 is 9.29. The number of ether oxygens (including phenoxy) is 1. The van der Waals surface area contributed by atoms with Crippen molar-refractivity contribution >= 4 is 34.0 Å². The first-order valence-corrected chi connectivity index (χ1v) is 10.9. The van der Waals surface area contributed by atoms with Crippen molar-refractivity contribution in [2.24, 2.45) is 7.05 Å². The number of benzene rings is 3. The van der Waals surface area contributed by atoms with Crippen LogP contribution in [0.4, 0.5) is 0 Å². The summed E-state index contributed by atoms with van der Waals surface area (Å²) in [6.45, 7) is 4.12. The highest BCUT2D eigenvalue weighted by Gasteiger charge is 2.13. The Morgan fingerprint density at radius 3 is 2.42 bits per heavy atom. The molecule has 2 aromatic heterocycles. The Morgan fingerprint density at radius 1 is 0.909 bits per heavy atom. The topological polar surface area (TPSA) is 49.0 Å². The monoisotopic (exact) mass is 435 g/mol. The lowest BCUT2D eigenvalue weighted by Crippen LogP contribution is -2.22. The molecule has 0 fully saturated rings. The van der Waals surface area contributed by atoms with E-state index in [2.05, 4.69) is 24.6 Å². The maximum Gasteiger partial charge on any atom is 0.266 e. The second kappa shape index (κ2) is 8.10. The minimum Gasteiger partial charge on any atom is -0.497 e. The van der Waals surface area contributed by atoms with Crippen LogP contribution in [0.1, 0.15) is 22.6 Å². The smallest absolute Gasteiger partial charge is 0.266 e. The van der Waals surface area contributed by atoms with Gasteiger partial charge < -0.3 is 9.30 Å². The Hall–Kier alpha value is -4.12. The summed E-state index contributed by atoms with van der Waals surface area (Å²) in [5.74, 6) is 1.39. The Labute approximate surface area is 192 Å². The zero-order valence-electron chi connectivity index (χ0n) is 19.2. The number of hydrogen-bond acceptors (Lipinski definition) is 3. The quantitative estimate of drug-likeness (QED) is 0.365. The van der Waals surface area contributed by atoms with E-state index in [9.17, 15) is 4.79 Å². The van der Waals surface area contributed by atoms with Gasteiger partial charge in [0, 0.05) is 29.2 Å². The number of para-hydroxylation sites is 1.